The molecule has 3 rings (SSSR count). The van der Waals surface area contributed by atoms with Crippen LogP contribution in [0, 0.1) is 0 Å². The van der Waals surface area contributed by atoms with Gasteiger partial charge in [-0.3, -0.25) is 4.79 Å². The standard InChI is InChI=1S/C13H10BN3O/c14-8-17-5-3-9(6-12(17)18)11-7-16-13-10(11)2-1-4-15-13/h1-7H,8H2,(H,15,16). The second-order valence-electron chi connectivity index (χ2n) is 4.01. The number of aromatic nitrogens is 3. The zero-order chi connectivity index (χ0) is 12.5. The Bertz CT molecular complexity index is 760. The molecule has 0 fully saturated rings. The molecule has 0 saturated carbocycles. The molecular weight excluding hydrogens is 225 g/mol. The van der Waals surface area contributed by atoms with Gasteiger partial charge < -0.3 is 9.55 Å². The largest absolute Gasteiger partial charge is 0.346 e. The average molecular weight is 235 g/mol. The van der Waals surface area contributed by atoms with Crippen molar-refractivity contribution in [3.63, 3.8) is 0 Å². The van der Waals surface area contributed by atoms with E-state index in [0.29, 0.717) is 0 Å². The number of fused-ring (bicyclic) bond motifs is 1. The maximum Gasteiger partial charge on any atom is 0.250 e. The predicted octanol–water partition coefficient (Wildman–Crippen LogP) is 1.52. The summed E-state index contributed by atoms with van der Waals surface area (Å²) in [6, 6.07) is 7.32. The fourth-order valence-electron chi connectivity index (χ4n) is 2.02. The second-order valence-corrected chi connectivity index (χ2v) is 4.01. The Kier molecular flexibility index (Phi) is 2.52. The lowest BCUT2D eigenvalue weighted by atomic mass is 10.1. The first-order valence-corrected chi connectivity index (χ1v) is 5.62. The van der Waals surface area contributed by atoms with E-state index in [1.165, 1.54) is 4.57 Å². The van der Waals surface area contributed by atoms with E-state index < -0.39 is 0 Å². The molecule has 0 spiro atoms. The first-order chi connectivity index (χ1) is 8.79. The molecule has 1 N–H and O–H groups in total. The van der Waals surface area contributed by atoms with Crippen LogP contribution in [-0.2, 0) is 6.44 Å². The molecule has 0 saturated heterocycles. The molecule has 0 atom stereocenters. The zero-order valence-corrected chi connectivity index (χ0v) is 9.63. The minimum Gasteiger partial charge on any atom is -0.346 e. The van der Waals surface area contributed by atoms with Gasteiger partial charge in [-0.1, -0.05) is 0 Å². The lowest BCUT2D eigenvalue weighted by Crippen LogP contribution is -2.18. The molecule has 86 valence electrons. The third-order valence-corrected chi connectivity index (χ3v) is 2.95. The minimum absolute atomic E-state index is 0.103. The van der Waals surface area contributed by atoms with Crippen LogP contribution in [-0.4, -0.2) is 22.4 Å². The number of rotatable bonds is 2. The number of pyridine rings is 2. The van der Waals surface area contributed by atoms with Gasteiger partial charge in [0.15, 0.2) is 0 Å². The Labute approximate surface area is 105 Å². The van der Waals surface area contributed by atoms with Gasteiger partial charge in [-0.05, 0) is 30.2 Å². The highest BCUT2D eigenvalue weighted by Crippen LogP contribution is 2.26. The van der Waals surface area contributed by atoms with Crippen molar-refractivity contribution in [3.05, 3.63) is 53.2 Å². The summed E-state index contributed by atoms with van der Waals surface area (Å²) in [5.74, 6) is 0. The van der Waals surface area contributed by atoms with Crippen molar-refractivity contribution in [2.45, 2.75) is 6.44 Å². The number of nitrogens with one attached hydrogen (secondary N) is 1. The highest BCUT2D eigenvalue weighted by atomic mass is 16.1. The molecule has 0 unspecified atom stereocenters. The average Bonchev–Trinajstić information content (AvgIpc) is 2.82. The van der Waals surface area contributed by atoms with Crippen LogP contribution in [0.4, 0.5) is 0 Å². The van der Waals surface area contributed by atoms with Crippen LogP contribution in [0.15, 0.2) is 47.7 Å². The molecule has 5 heteroatoms. The normalized spacial score (nSPS) is 10.9. The molecule has 0 aromatic carbocycles. The Morgan fingerprint density at radius 1 is 1.39 bits per heavy atom. The Morgan fingerprint density at radius 3 is 3.06 bits per heavy atom. The van der Waals surface area contributed by atoms with Crippen LogP contribution < -0.4 is 5.56 Å². The van der Waals surface area contributed by atoms with Crippen molar-refractivity contribution in [2.75, 3.05) is 0 Å². The number of H-pyrrole nitrogens is 1. The number of aromatic amines is 1. The molecule has 0 aliphatic carbocycles. The van der Waals surface area contributed by atoms with Gasteiger partial charge in [0.1, 0.15) is 5.65 Å². The molecule has 4 nitrogen and oxygen atoms in total. The van der Waals surface area contributed by atoms with Crippen molar-refractivity contribution in [1.82, 2.24) is 14.5 Å². The number of hydrogen-bond acceptors (Lipinski definition) is 2. The maximum atomic E-state index is 11.8. The molecule has 0 aliphatic rings. The van der Waals surface area contributed by atoms with E-state index in [-0.39, 0.29) is 12.0 Å². The fourth-order valence-corrected chi connectivity index (χ4v) is 2.02. The number of hydrogen-bond donors (Lipinski definition) is 1. The van der Waals surface area contributed by atoms with Crippen LogP contribution in [0.2, 0.25) is 0 Å². The van der Waals surface area contributed by atoms with Crippen molar-refractivity contribution in [1.29, 1.82) is 0 Å². The molecule has 0 aliphatic heterocycles. The predicted molar refractivity (Wildman–Crippen MR) is 71.5 cm³/mol. The maximum absolute atomic E-state index is 11.8. The van der Waals surface area contributed by atoms with Gasteiger partial charge in [0, 0.05) is 35.6 Å². The van der Waals surface area contributed by atoms with E-state index >= 15 is 0 Å². The second kappa shape index (κ2) is 4.18. The van der Waals surface area contributed by atoms with Gasteiger partial charge in [-0.25, -0.2) is 4.98 Å². The Morgan fingerprint density at radius 2 is 2.28 bits per heavy atom. The first-order valence-electron chi connectivity index (χ1n) is 5.62. The third kappa shape index (κ3) is 1.64. The van der Waals surface area contributed by atoms with Crippen LogP contribution in [0.25, 0.3) is 22.2 Å². The fraction of sp³-hybridized carbons (Fsp3) is 0.0769. The lowest BCUT2D eigenvalue weighted by molar-refractivity contribution is 0.832. The van der Waals surface area contributed by atoms with Crippen LogP contribution in [0.5, 0.6) is 0 Å². The van der Waals surface area contributed by atoms with Gasteiger partial charge in [-0.2, -0.15) is 0 Å². The molecular formula is C13H10BN3O. The molecule has 0 amide bonds. The van der Waals surface area contributed by atoms with Crippen molar-refractivity contribution in [2.24, 2.45) is 0 Å². The topological polar surface area (TPSA) is 50.7 Å². The summed E-state index contributed by atoms with van der Waals surface area (Å²) in [6.45, 7) is 0. The smallest absolute Gasteiger partial charge is 0.250 e. The Balaban J connectivity index is 2.20. The molecule has 3 heterocycles. The third-order valence-electron chi connectivity index (χ3n) is 2.95. The van der Waals surface area contributed by atoms with E-state index in [4.69, 9.17) is 7.85 Å². The van der Waals surface area contributed by atoms with Crippen LogP contribution >= 0.6 is 0 Å². The van der Waals surface area contributed by atoms with E-state index in [0.717, 1.165) is 22.2 Å². The summed E-state index contributed by atoms with van der Waals surface area (Å²) in [4.78, 5) is 19.1. The van der Waals surface area contributed by atoms with Gasteiger partial charge in [0.2, 0.25) is 5.56 Å². The van der Waals surface area contributed by atoms with Crippen LogP contribution in [0.3, 0.4) is 0 Å². The molecule has 3 aromatic rings. The summed E-state index contributed by atoms with van der Waals surface area (Å²) >= 11 is 0. The first kappa shape index (κ1) is 10.8. The molecule has 18 heavy (non-hydrogen) atoms. The van der Waals surface area contributed by atoms with E-state index in [9.17, 15) is 4.79 Å². The molecule has 0 bridgehead atoms. The summed E-state index contributed by atoms with van der Waals surface area (Å²) in [7, 11) is 5.46. The Hall–Kier alpha value is -2.30. The van der Waals surface area contributed by atoms with Crippen molar-refractivity contribution < 1.29 is 0 Å². The van der Waals surface area contributed by atoms with E-state index in [1.807, 2.05) is 24.4 Å². The van der Waals surface area contributed by atoms with Gasteiger partial charge >= 0.3 is 0 Å². The monoisotopic (exact) mass is 235 g/mol. The molecule has 2 radical (unpaired) electrons. The van der Waals surface area contributed by atoms with E-state index in [1.54, 1.807) is 18.5 Å². The number of nitrogens with zero attached hydrogens (tertiary/aromatic N) is 2. The van der Waals surface area contributed by atoms with Gasteiger partial charge in [0.05, 0.1) is 7.85 Å². The van der Waals surface area contributed by atoms with Crippen LogP contribution in [0.1, 0.15) is 0 Å². The lowest BCUT2D eigenvalue weighted by Gasteiger charge is -2.03. The van der Waals surface area contributed by atoms with Gasteiger partial charge in [0.25, 0.3) is 0 Å². The highest BCUT2D eigenvalue weighted by molar-refractivity contribution is 6.06. The molecule has 3 aromatic heterocycles. The van der Waals surface area contributed by atoms with E-state index in [2.05, 4.69) is 9.97 Å². The SMILES string of the molecule is [B]Cn1ccc(-c2c[nH]c3ncccc23)cc1=O. The summed E-state index contributed by atoms with van der Waals surface area (Å²) in [5, 5.41) is 1.00. The summed E-state index contributed by atoms with van der Waals surface area (Å²) in [6.07, 6.45) is 5.48. The van der Waals surface area contributed by atoms with Crippen molar-refractivity contribution >= 4 is 18.9 Å². The van der Waals surface area contributed by atoms with Crippen molar-refractivity contribution in [3.8, 4) is 11.1 Å². The minimum atomic E-state index is -0.103. The zero-order valence-electron chi connectivity index (χ0n) is 9.63. The van der Waals surface area contributed by atoms with Gasteiger partial charge in [-0.15, -0.1) is 0 Å². The summed E-state index contributed by atoms with van der Waals surface area (Å²) < 4.78 is 1.45. The summed E-state index contributed by atoms with van der Waals surface area (Å²) in [5.41, 5.74) is 2.55. The quantitative estimate of drug-likeness (QED) is 0.684. The highest BCUT2D eigenvalue weighted by Gasteiger charge is 2.07.